The fraction of sp³-hybridized carbons (Fsp3) is 0.103. The van der Waals surface area contributed by atoms with E-state index in [1.165, 1.54) is 89.1 Å². The first-order valence-corrected chi connectivity index (χ1v) is 19.4. The third-order valence-corrected chi connectivity index (χ3v) is 11.2. The number of ether oxygens (including phenoxy) is 4. The van der Waals surface area contributed by atoms with Gasteiger partial charge in [-0.1, -0.05) is 24.3 Å². The van der Waals surface area contributed by atoms with E-state index in [2.05, 4.69) is 20.1 Å². The molecule has 0 aliphatic heterocycles. The van der Waals surface area contributed by atoms with Gasteiger partial charge in [-0.2, -0.15) is 0 Å². The molecule has 0 saturated carbocycles. The number of rotatable bonds is 12. The highest BCUT2D eigenvalue weighted by Crippen LogP contribution is 2.30. The minimum absolute atomic E-state index is 0.0416. The van der Waals surface area contributed by atoms with E-state index in [0.717, 1.165) is 0 Å². The highest BCUT2D eigenvalue weighted by molar-refractivity contribution is 7.93. The summed E-state index contributed by atoms with van der Waals surface area (Å²) in [6.07, 6.45) is 0. The number of esters is 2. The number of nitrogens with one attached hydrogen (secondary N) is 4. The van der Waals surface area contributed by atoms with E-state index in [1.54, 1.807) is 48.5 Å². The van der Waals surface area contributed by atoms with Gasteiger partial charge in [-0.15, -0.1) is 0 Å². The Morgan fingerprint density at radius 1 is 0.446 bits per heavy atom. The van der Waals surface area contributed by atoms with Gasteiger partial charge in [-0.05, 0) is 106 Å². The largest absolute Gasteiger partial charge is 0.496 e. The van der Waals surface area contributed by atoms with Crippen LogP contribution in [0, 0.1) is 0 Å². The number of hydrogen-bond acceptors (Lipinski definition) is 11. The summed E-state index contributed by atoms with van der Waals surface area (Å²) < 4.78 is 78.2. The minimum atomic E-state index is -4.11. The van der Waals surface area contributed by atoms with Crippen LogP contribution in [-0.2, 0) is 29.5 Å². The summed E-state index contributed by atoms with van der Waals surface area (Å²) in [6.45, 7) is 0. The number of carbonyl (C=O) groups is 3. The van der Waals surface area contributed by atoms with E-state index in [9.17, 15) is 31.2 Å². The fourth-order valence-corrected chi connectivity index (χ4v) is 7.91. The van der Waals surface area contributed by atoms with Gasteiger partial charge in [-0.25, -0.2) is 31.2 Å². The predicted octanol–water partition coefficient (Wildman–Crippen LogP) is 6.83. The van der Waals surface area contributed by atoms with Gasteiger partial charge >= 0.3 is 18.0 Å². The number of anilines is 4. The van der Waals surface area contributed by atoms with Crippen molar-refractivity contribution in [1.29, 1.82) is 0 Å². The minimum Gasteiger partial charge on any atom is -0.496 e. The number of sulfonamides is 2. The van der Waals surface area contributed by atoms with E-state index in [-0.39, 0.29) is 43.8 Å². The van der Waals surface area contributed by atoms with Crippen LogP contribution in [0.15, 0.2) is 119 Å². The molecule has 0 fully saturated rings. The molecule has 288 valence electrons. The molecular formula is C39H34N4O11S2. The van der Waals surface area contributed by atoms with E-state index in [0.29, 0.717) is 32.9 Å². The summed E-state index contributed by atoms with van der Waals surface area (Å²) in [4.78, 5) is 37.3. The Labute approximate surface area is 321 Å². The molecule has 6 aromatic rings. The second kappa shape index (κ2) is 15.9. The molecular weight excluding hydrogens is 765 g/mol. The van der Waals surface area contributed by atoms with Crippen molar-refractivity contribution in [3.63, 3.8) is 0 Å². The molecule has 0 radical (unpaired) electrons. The van der Waals surface area contributed by atoms with Crippen LogP contribution in [-0.4, -0.2) is 63.2 Å². The van der Waals surface area contributed by atoms with E-state index in [1.807, 2.05) is 0 Å². The monoisotopic (exact) mass is 798 g/mol. The molecule has 0 atom stereocenters. The highest BCUT2D eigenvalue weighted by atomic mass is 32.2. The maximum absolute atomic E-state index is 13.3. The molecule has 17 heteroatoms. The SMILES string of the molecule is COC(=O)c1cc(NS(=O)(=O)c2ccc3ccc(NC(=O)Nc4ccc5ccc(S(=O)(=O)Nc6ccc(OC)c(C(=O)OC)c6)cc5c4)cc3c2)ccc1OC. The van der Waals surface area contributed by atoms with E-state index in [4.69, 9.17) is 18.9 Å². The van der Waals surface area contributed by atoms with Crippen LogP contribution in [0.1, 0.15) is 20.7 Å². The number of benzene rings is 6. The Hall–Kier alpha value is -6.85. The van der Waals surface area contributed by atoms with Gasteiger partial charge in [0, 0.05) is 22.7 Å². The predicted molar refractivity (Wildman–Crippen MR) is 211 cm³/mol. The Morgan fingerprint density at radius 3 is 1.20 bits per heavy atom. The molecule has 0 bridgehead atoms. The second-order valence-corrected chi connectivity index (χ2v) is 15.4. The molecule has 0 saturated heterocycles. The van der Waals surface area contributed by atoms with Gasteiger partial charge in [0.1, 0.15) is 22.6 Å². The van der Waals surface area contributed by atoms with Crippen molar-refractivity contribution in [3.8, 4) is 11.5 Å². The molecule has 0 heterocycles. The highest BCUT2D eigenvalue weighted by Gasteiger charge is 2.21. The molecule has 2 amide bonds. The summed E-state index contributed by atoms with van der Waals surface area (Å²) in [7, 11) is -3.07. The molecule has 0 aliphatic rings. The molecule has 6 rings (SSSR count). The van der Waals surface area contributed by atoms with E-state index >= 15 is 0 Å². The lowest BCUT2D eigenvalue weighted by Gasteiger charge is -2.13. The van der Waals surface area contributed by atoms with Gasteiger partial charge in [0.25, 0.3) is 20.0 Å². The molecule has 0 spiro atoms. The maximum Gasteiger partial charge on any atom is 0.341 e. The van der Waals surface area contributed by atoms with Crippen molar-refractivity contribution in [2.24, 2.45) is 0 Å². The normalized spacial score (nSPS) is 11.4. The van der Waals surface area contributed by atoms with Crippen LogP contribution in [0.4, 0.5) is 27.5 Å². The lowest BCUT2D eigenvalue weighted by Crippen LogP contribution is -2.19. The fourth-order valence-electron chi connectivity index (χ4n) is 5.74. The number of fused-ring (bicyclic) bond motifs is 2. The van der Waals surface area contributed by atoms with Crippen LogP contribution in [0.25, 0.3) is 21.5 Å². The topological polar surface area (TPSA) is 205 Å². The molecule has 15 nitrogen and oxygen atoms in total. The summed E-state index contributed by atoms with van der Waals surface area (Å²) in [5, 5.41) is 7.90. The first kappa shape index (κ1) is 38.9. The Morgan fingerprint density at radius 2 is 0.821 bits per heavy atom. The Kier molecular flexibility index (Phi) is 11.0. The van der Waals surface area contributed by atoms with Crippen molar-refractivity contribution < 1.29 is 50.2 Å². The standard InChI is InChI=1S/C39H34N4O11S2/c1-51-35-15-11-29(21-33(35)37(44)53-3)42-55(47,48)31-13-7-23-5-9-27(17-25(23)19-31)40-39(46)41-28-10-6-24-8-14-32(20-26(24)18-28)56(49,50)43-30-12-16-36(52-2)34(22-30)38(45)54-4/h5-22,42-43H,1-4H3,(H2,40,41,46). The zero-order valence-corrected chi connectivity index (χ0v) is 31.8. The van der Waals surface area contributed by atoms with Gasteiger partial charge < -0.3 is 29.6 Å². The van der Waals surface area contributed by atoms with Crippen LogP contribution in [0.3, 0.4) is 0 Å². The Bertz CT molecular complexity index is 2570. The van der Waals surface area contributed by atoms with Crippen molar-refractivity contribution in [2.75, 3.05) is 48.5 Å². The van der Waals surface area contributed by atoms with Crippen LogP contribution in [0.2, 0.25) is 0 Å². The summed E-state index contributed by atoms with van der Waals surface area (Å²) in [6, 6.07) is 26.8. The van der Waals surface area contributed by atoms with E-state index < -0.39 is 38.0 Å². The smallest absolute Gasteiger partial charge is 0.341 e. The average Bonchev–Trinajstić information content (AvgIpc) is 3.19. The molecule has 56 heavy (non-hydrogen) atoms. The number of urea groups is 1. The van der Waals surface area contributed by atoms with Gasteiger partial charge in [0.05, 0.1) is 38.2 Å². The number of hydrogen-bond donors (Lipinski definition) is 4. The van der Waals surface area contributed by atoms with Crippen molar-refractivity contribution >= 4 is 82.3 Å². The van der Waals surface area contributed by atoms with Crippen molar-refractivity contribution in [2.45, 2.75) is 9.79 Å². The molecule has 0 unspecified atom stereocenters. The number of methoxy groups -OCH3 is 4. The van der Waals surface area contributed by atoms with Gasteiger partial charge in [0.15, 0.2) is 0 Å². The molecule has 0 aromatic heterocycles. The van der Waals surface area contributed by atoms with Crippen molar-refractivity contribution in [3.05, 3.63) is 120 Å². The van der Waals surface area contributed by atoms with Crippen LogP contribution >= 0.6 is 0 Å². The summed E-state index contributed by atoms with van der Waals surface area (Å²) in [5.41, 5.74) is 1.05. The quantitative estimate of drug-likeness (QED) is 0.0945. The third-order valence-electron chi connectivity index (χ3n) is 8.47. The maximum atomic E-state index is 13.3. The van der Waals surface area contributed by atoms with Crippen LogP contribution in [0.5, 0.6) is 11.5 Å². The van der Waals surface area contributed by atoms with Gasteiger partial charge in [0.2, 0.25) is 0 Å². The lowest BCUT2D eigenvalue weighted by molar-refractivity contribution is 0.0588. The summed E-state index contributed by atoms with van der Waals surface area (Å²) in [5.74, 6) is -0.966. The molecule has 4 N–H and O–H groups in total. The zero-order valence-electron chi connectivity index (χ0n) is 30.2. The number of carbonyl (C=O) groups excluding carboxylic acids is 3. The molecule has 6 aromatic carbocycles. The Balaban J connectivity index is 1.17. The van der Waals surface area contributed by atoms with Crippen LogP contribution < -0.4 is 29.6 Å². The molecule has 0 aliphatic carbocycles. The van der Waals surface area contributed by atoms with Gasteiger partial charge in [-0.3, -0.25) is 9.44 Å². The first-order valence-electron chi connectivity index (χ1n) is 16.5. The number of amides is 2. The lowest BCUT2D eigenvalue weighted by atomic mass is 10.1. The second-order valence-electron chi connectivity index (χ2n) is 12.1. The first-order chi connectivity index (χ1) is 26.7. The third kappa shape index (κ3) is 8.43. The summed E-state index contributed by atoms with van der Waals surface area (Å²) >= 11 is 0. The van der Waals surface area contributed by atoms with Crippen molar-refractivity contribution in [1.82, 2.24) is 0 Å². The zero-order chi connectivity index (χ0) is 40.2. The average molecular weight is 799 g/mol.